The summed E-state index contributed by atoms with van der Waals surface area (Å²) in [5, 5.41) is 7.36. The van der Waals surface area contributed by atoms with E-state index in [1.807, 2.05) is 42.5 Å². The fourth-order valence-corrected chi connectivity index (χ4v) is 3.26. The van der Waals surface area contributed by atoms with Crippen LogP contribution in [0.2, 0.25) is 0 Å². The maximum Gasteiger partial charge on any atom is 0.252 e. The van der Waals surface area contributed by atoms with Crippen LogP contribution in [0.5, 0.6) is 0 Å². The first-order valence-corrected chi connectivity index (χ1v) is 8.63. The number of para-hydroxylation sites is 1. The van der Waals surface area contributed by atoms with Gasteiger partial charge in [-0.15, -0.1) is 0 Å². The predicted molar refractivity (Wildman–Crippen MR) is 98.3 cm³/mol. The molecule has 1 aromatic carbocycles. The molecule has 3 aromatic rings. The van der Waals surface area contributed by atoms with Crippen molar-refractivity contribution in [3.8, 4) is 11.3 Å². The number of nitrogens with zero attached hydrogens (tertiary/aromatic N) is 2. The van der Waals surface area contributed by atoms with Crippen molar-refractivity contribution in [2.75, 3.05) is 13.1 Å². The summed E-state index contributed by atoms with van der Waals surface area (Å²) in [5.41, 5.74) is 3.14. The smallest absolute Gasteiger partial charge is 0.252 e. The molecule has 0 saturated carbocycles. The molecule has 1 amide bonds. The molecular formula is C20H20N4O. The van der Waals surface area contributed by atoms with Crippen molar-refractivity contribution in [3.05, 3.63) is 60.4 Å². The molecule has 5 nitrogen and oxygen atoms in total. The van der Waals surface area contributed by atoms with E-state index in [4.69, 9.17) is 4.98 Å². The van der Waals surface area contributed by atoms with Gasteiger partial charge in [0.05, 0.1) is 16.8 Å². The first-order chi connectivity index (χ1) is 12.3. The van der Waals surface area contributed by atoms with Gasteiger partial charge in [-0.2, -0.15) is 0 Å². The van der Waals surface area contributed by atoms with Crippen LogP contribution >= 0.6 is 0 Å². The Hall–Kier alpha value is -2.79. The number of benzene rings is 1. The van der Waals surface area contributed by atoms with E-state index >= 15 is 0 Å². The number of carbonyl (C=O) groups is 1. The van der Waals surface area contributed by atoms with E-state index in [9.17, 15) is 4.79 Å². The minimum absolute atomic E-state index is 0.0440. The van der Waals surface area contributed by atoms with Crippen LogP contribution in [0.15, 0.2) is 54.9 Å². The molecule has 2 aromatic heterocycles. The first-order valence-electron chi connectivity index (χ1n) is 8.63. The molecule has 5 heteroatoms. The molecule has 0 radical (unpaired) electrons. The van der Waals surface area contributed by atoms with Crippen molar-refractivity contribution in [3.63, 3.8) is 0 Å². The third-order valence-electron chi connectivity index (χ3n) is 4.55. The van der Waals surface area contributed by atoms with E-state index in [0.717, 1.165) is 48.1 Å². The number of pyridine rings is 2. The second-order valence-corrected chi connectivity index (χ2v) is 6.33. The van der Waals surface area contributed by atoms with Gasteiger partial charge in [-0.05, 0) is 43.7 Å². The maximum atomic E-state index is 12.9. The first kappa shape index (κ1) is 15.7. The molecule has 1 atom stereocenters. The van der Waals surface area contributed by atoms with Crippen LogP contribution in [-0.2, 0) is 0 Å². The summed E-state index contributed by atoms with van der Waals surface area (Å²) in [6.07, 6.45) is 5.60. The van der Waals surface area contributed by atoms with Crippen LogP contribution in [0.1, 0.15) is 23.2 Å². The van der Waals surface area contributed by atoms with Gasteiger partial charge < -0.3 is 10.6 Å². The molecule has 1 fully saturated rings. The zero-order chi connectivity index (χ0) is 17.1. The lowest BCUT2D eigenvalue weighted by atomic mass is 10.0. The molecule has 2 N–H and O–H groups in total. The molecule has 1 aliphatic rings. The molecule has 3 heterocycles. The van der Waals surface area contributed by atoms with Crippen molar-refractivity contribution < 1.29 is 4.79 Å². The third kappa shape index (κ3) is 3.37. The predicted octanol–water partition coefficient (Wildman–Crippen LogP) is 2.78. The number of amides is 1. The number of piperidine rings is 1. The molecule has 1 unspecified atom stereocenters. The Kier molecular flexibility index (Phi) is 4.39. The van der Waals surface area contributed by atoms with Gasteiger partial charge in [-0.3, -0.25) is 9.78 Å². The van der Waals surface area contributed by atoms with Crippen LogP contribution in [0.4, 0.5) is 0 Å². The lowest BCUT2D eigenvalue weighted by Crippen LogP contribution is -2.45. The van der Waals surface area contributed by atoms with Crippen molar-refractivity contribution >= 4 is 16.8 Å². The lowest BCUT2D eigenvalue weighted by molar-refractivity contribution is 0.0932. The van der Waals surface area contributed by atoms with E-state index in [1.165, 1.54) is 0 Å². The summed E-state index contributed by atoms with van der Waals surface area (Å²) in [6, 6.07) is 13.6. The summed E-state index contributed by atoms with van der Waals surface area (Å²) in [7, 11) is 0. The second kappa shape index (κ2) is 6.99. The van der Waals surface area contributed by atoms with Gasteiger partial charge in [0.15, 0.2) is 0 Å². The van der Waals surface area contributed by atoms with E-state index in [1.54, 1.807) is 12.4 Å². The largest absolute Gasteiger partial charge is 0.348 e. The van der Waals surface area contributed by atoms with Gasteiger partial charge in [0, 0.05) is 35.9 Å². The Morgan fingerprint density at radius 1 is 1.20 bits per heavy atom. The molecule has 0 spiro atoms. The van der Waals surface area contributed by atoms with Crippen LogP contribution in [0.3, 0.4) is 0 Å². The van der Waals surface area contributed by atoms with Gasteiger partial charge in [-0.25, -0.2) is 4.98 Å². The summed E-state index contributed by atoms with van der Waals surface area (Å²) in [4.78, 5) is 21.8. The van der Waals surface area contributed by atoms with Crippen LogP contribution in [0, 0.1) is 0 Å². The van der Waals surface area contributed by atoms with E-state index < -0.39 is 0 Å². The highest BCUT2D eigenvalue weighted by Crippen LogP contribution is 2.24. The number of hydrogen-bond donors (Lipinski definition) is 2. The Morgan fingerprint density at radius 2 is 2.12 bits per heavy atom. The van der Waals surface area contributed by atoms with Crippen molar-refractivity contribution in [1.29, 1.82) is 0 Å². The molecule has 25 heavy (non-hydrogen) atoms. The van der Waals surface area contributed by atoms with Crippen LogP contribution < -0.4 is 10.6 Å². The van der Waals surface area contributed by atoms with Crippen molar-refractivity contribution in [2.45, 2.75) is 18.9 Å². The normalized spacial score (nSPS) is 17.4. The monoisotopic (exact) mass is 332 g/mol. The summed E-state index contributed by atoms with van der Waals surface area (Å²) >= 11 is 0. The Balaban J connectivity index is 1.74. The summed E-state index contributed by atoms with van der Waals surface area (Å²) < 4.78 is 0. The Labute approximate surface area is 146 Å². The Morgan fingerprint density at radius 3 is 2.92 bits per heavy atom. The molecule has 1 saturated heterocycles. The highest BCUT2D eigenvalue weighted by molar-refractivity contribution is 6.07. The average Bonchev–Trinajstić information content (AvgIpc) is 2.68. The van der Waals surface area contributed by atoms with Crippen molar-refractivity contribution in [2.24, 2.45) is 0 Å². The molecule has 1 aliphatic heterocycles. The number of aromatic nitrogens is 2. The standard InChI is InChI=1S/C20H20N4O/c25-20(23-15-6-4-10-22-13-15)17-11-19(14-5-3-9-21-12-14)24-18-8-2-1-7-16(17)18/h1-3,5,7-9,11-12,15,22H,4,6,10,13H2,(H,23,25). The molecule has 126 valence electrons. The number of hydrogen-bond acceptors (Lipinski definition) is 4. The molecule has 0 aliphatic carbocycles. The number of rotatable bonds is 3. The van der Waals surface area contributed by atoms with Gasteiger partial charge in [-0.1, -0.05) is 18.2 Å². The molecule has 0 bridgehead atoms. The zero-order valence-corrected chi connectivity index (χ0v) is 13.9. The van der Waals surface area contributed by atoms with Gasteiger partial charge >= 0.3 is 0 Å². The van der Waals surface area contributed by atoms with Crippen molar-refractivity contribution in [1.82, 2.24) is 20.6 Å². The zero-order valence-electron chi connectivity index (χ0n) is 13.9. The fraction of sp³-hybridized carbons (Fsp3) is 0.250. The highest BCUT2D eigenvalue weighted by atomic mass is 16.1. The average molecular weight is 332 g/mol. The SMILES string of the molecule is O=C(NC1CCCNC1)c1cc(-c2cccnc2)nc2ccccc12. The molecular weight excluding hydrogens is 312 g/mol. The quantitative estimate of drug-likeness (QED) is 0.774. The molecule has 4 rings (SSSR count). The van der Waals surface area contributed by atoms with E-state index in [-0.39, 0.29) is 11.9 Å². The van der Waals surface area contributed by atoms with Crippen LogP contribution in [-0.4, -0.2) is 35.0 Å². The maximum absolute atomic E-state index is 12.9. The minimum atomic E-state index is -0.0440. The number of fused-ring (bicyclic) bond motifs is 1. The number of nitrogens with one attached hydrogen (secondary N) is 2. The minimum Gasteiger partial charge on any atom is -0.348 e. The van der Waals surface area contributed by atoms with Crippen LogP contribution in [0.25, 0.3) is 22.2 Å². The van der Waals surface area contributed by atoms with Gasteiger partial charge in [0.25, 0.3) is 5.91 Å². The fourth-order valence-electron chi connectivity index (χ4n) is 3.26. The summed E-state index contributed by atoms with van der Waals surface area (Å²) in [6.45, 7) is 1.85. The van der Waals surface area contributed by atoms with E-state index in [2.05, 4.69) is 15.6 Å². The Bertz CT molecular complexity index is 889. The van der Waals surface area contributed by atoms with Gasteiger partial charge in [0.1, 0.15) is 0 Å². The summed E-state index contributed by atoms with van der Waals surface area (Å²) in [5.74, 6) is -0.0440. The lowest BCUT2D eigenvalue weighted by Gasteiger charge is -2.24. The topological polar surface area (TPSA) is 66.9 Å². The number of carbonyl (C=O) groups excluding carboxylic acids is 1. The van der Waals surface area contributed by atoms with Gasteiger partial charge in [0.2, 0.25) is 0 Å². The second-order valence-electron chi connectivity index (χ2n) is 6.33. The van der Waals surface area contributed by atoms with E-state index in [0.29, 0.717) is 5.56 Å². The highest BCUT2D eigenvalue weighted by Gasteiger charge is 2.19. The third-order valence-corrected chi connectivity index (χ3v) is 4.55.